The second kappa shape index (κ2) is 6.13. The van der Waals surface area contributed by atoms with Crippen LogP contribution < -0.4 is 5.32 Å². The summed E-state index contributed by atoms with van der Waals surface area (Å²) in [5, 5.41) is 19.5. The Bertz CT molecular complexity index is 470. The van der Waals surface area contributed by atoms with Crippen LogP contribution in [0, 0.1) is 0 Å². The molecule has 116 valence electrons. The number of amides is 1. The van der Waals surface area contributed by atoms with Crippen molar-refractivity contribution in [1.82, 2.24) is 25.3 Å². The molecule has 1 amide bonds. The first-order valence-corrected chi connectivity index (χ1v) is 7.54. The van der Waals surface area contributed by atoms with Gasteiger partial charge in [-0.2, -0.15) is 5.10 Å². The molecule has 2 fully saturated rings. The first kappa shape index (κ1) is 14.5. The third kappa shape index (κ3) is 3.25. The summed E-state index contributed by atoms with van der Waals surface area (Å²) in [5.41, 5.74) is 0.431. The lowest BCUT2D eigenvalue weighted by Gasteiger charge is -2.34. The number of rotatable bonds is 3. The molecule has 1 aromatic rings. The SMILES string of the molecule is CN1CCC(N2C[C@@H](O)[C@H](NC(=O)c3ccn[nH]3)C2)CC1. The van der Waals surface area contributed by atoms with Crippen LogP contribution in [0.2, 0.25) is 0 Å². The number of nitrogens with zero attached hydrogens (tertiary/aromatic N) is 3. The van der Waals surface area contributed by atoms with Crippen LogP contribution in [0.1, 0.15) is 23.3 Å². The number of aromatic amines is 1. The number of aliphatic hydroxyl groups excluding tert-OH is 1. The van der Waals surface area contributed by atoms with Gasteiger partial charge in [-0.05, 0) is 39.0 Å². The van der Waals surface area contributed by atoms with Gasteiger partial charge in [-0.3, -0.25) is 14.8 Å². The summed E-state index contributed by atoms with van der Waals surface area (Å²) in [6.45, 7) is 3.56. The van der Waals surface area contributed by atoms with Crippen molar-refractivity contribution in [3.63, 3.8) is 0 Å². The van der Waals surface area contributed by atoms with Crippen molar-refractivity contribution >= 4 is 5.91 Å². The maximum Gasteiger partial charge on any atom is 0.269 e. The van der Waals surface area contributed by atoms with E-state index < -0.39 is 6.10 Å². The lowest BCUT2D eigenvalue weighted by Crippen LogP contribution is -2.45. The molecule has 0 bridgehead atoms. The van der Waals surface area contributed by atoms with Gasteiger partial charge in [0.1, 0.15) is 5.69 Å². The fourth-order valence-corrected chi connectivity index (χ4v) is 3.24. The largest absolute Gasteiger partial charge is 0.390 e. The number of hydrogen-bond donors (Lipinski definition) is 3. The fourth-order valence-electron chi connectivity index (χ4n) is 3.24. The first-order chi connectivity index (χ1) is 10.1. The summed E-state index contributed by atoms with van der Waals surface area (Å²) >= 11 is 0. The van der Waals surface area contributed by atoms with Crippen molar-refractivity contribution in [1.29, 1.82) is 0 Å². The molecule has 1 aromatic heterocycles. The Morgan fingerprint density at radius 3 is 2.86 bits per heavy atom. The molecule has 2 atom stereocenters. The molecule has 0 aliphatic carbocycles. The number of hydrogen-bond acceptors (Lipinski definition) is 5. The number of likely N-dealkylation sites (tertiary alicyclic amines) is 2. The van der Waals surface area contributed by atoms with Crippen molar-refractivity contribution in [2.75, 3.05) is 33.2 Å². The van der Waals surface area contributed by atoms with E-state index in [-0.39, 0.29) is 11.9 Å². The second-order valence-corrected chi connectivity index (χ2v) is 6.11. The zero-order valence-corrected chi connectivity index (χ0v) is 12.3. The highest BCUT2D eigenvalue weighted by molar-refractivity contribution is 5.92. The number of aromatic nitrogens is 2. The molecule has 2 saturated heterocycles. The maximum atomic E-state index is 12.0. The van der Waals surface area contributed by atoms with Crippen molar-refractivity contribution in [2.24, 2.45) is 0 Å². The summed E-state index contributed by atoms with van der Waals surface area (Å²) in [6, 6.07) is 1.94. The first-order valence-electron chi connectivity index (χ1n) is 7.54. The number of nitrogens with one attached hydrogen (secondary N) is 2. The third-order valence-corrected chi connectivity index (χ3v) is 4.58. The lowest BCUT2D eigenvalue weighted by molar-refractivity contribution is 0.0882. The topological polar surface area (TPSA) is 84.5 Å². The van der Waals surface area contributed by atoms with Crippen LogP contribution in [0.4, 0.5) is 0 Å². The van der Waals surface area contributed by atoms with Crippen LogP contribution in [0.5, 0.6) is 0 Å². The second-order valence-electron chi connectivity index (χ2n) is 6.11. The fraction of sp³-hybridized carbons (Fsp3) is 0.714. The van der Waals surface area contributed by atoms with E-state index in [1.54, 1.807) is 12.3 Å². The molecular weight excluding hydrogens is 270 g/mol. The molecule has 0 spiro atoms. The molecule has 0 unspecified atom stereocenters. The Hall–Kier alpha value is -1.44. The molecule has 0 saturated carbocycles. The Morgan fingerprint density at radius 2 is 2.19 bits per heavy atom. The van der Waals surface area contributed by atoms with E-state index in [9.17, 15) is 9.90 Å². The summed E-state index contributed by atoms with van der Waals surface area (Å²) in [6.07, 6.45) is 3.30. The Kier molecular flexibility index (Phi) is 4.23. The van der Waals surface area contributed by atoms with E-state index in [1.807, 2.05) is 0 Å². The molecule has 7 heteroatoms. The molecule has 3 N–H and O–H groups in total. The van der Waals surface area contributed by atoms with Gasteiger partial charge in [0.15, 0.2) is 0 Å². The number of carbonyl (C=O) groups excluding carboxylic acids is 1. The smallest absolute Gasteiger partial charge is 0.269 e. The van der Waals surface area contributed by atoms with Gasteiger partial charge in [0.05, 0.1) is 12.1 Å². The highest BCUT2D eigenvalue weighted by atomic mass is 16.3. The lowest BCUT2D eigenvalue weighted by atomic mass is 10.0. The molecule has 2 aliphatic heterocycles. The van der Waals surface area contributed by atoms with Crippen molar-refractivity contribution in [2.45, 2.75) is 31.0 Å². The molecule has 2 aliphatic rings. The molecule has 3 heterocycles. The summed E-state index contributed by atoms with van der Waals surface area (Å²) in [5.74, 6) is -0.207. The molecule has 21 heavy (non-hydrogen) atoms. The molecular formula is C14H23N5O2. The zero-order valence-electron chi connectivity index (χ0n) is 12.3. The van der Waals surface area contributed by atoms with Gasteiger partial charge in [0.2, 0.25) is 0 Å². The van der Waals surface area contributed by atoms with Gasteiger partial charge in [-0.15, -0.1) is 0 Å². The average molecular weight is 293 g/mol. The van der Waals surface area contributed by atoms with E-state index in [0.717, 1.165) is 32.5 Å². The van der Waals surface area contributed by atoms with Crippen LogP contribution in [-0.4, -0.2) is 82.4 Å². The maximum absolute atomic E-state index is 12.0. The molecule has 0 radical (unpaired) electrons. The summed E-state index contributed by atoms with van der Waals surface area (Å²) in [7, 11) is 2.14. The standard InChI is InChI=1S/C14H23N5O2/c1-18-6-3-10(4-7-18)19-8-12(13(20)9-19)16-14(21)11-2-5-15-17-11/h2,5,10,12-13,20H,3-4,6-9H2,1H3,(H,15,17)(H,16,21)/t12-,13-/m1/s1. The van der Waals surface area contributed by atoms with Crippen molar-refractivity contribution in [3.8, 4) is 0 Å². The van der Waals surface area contributed by atoms with E-state index in [1.165, 1.54) is 0 Å². The van der Waals surface area contributed by atoms with E-state index in [4.69, 9.17) is 0 Å². The Morgan fingerprint density at radius 1 is 1.43 bits per heavy atom. The molecule has 0 aromatic carbocycles. The summed E-state index contributed by atoms with van der Waals surface area (Å²) in [4.78, 5) is 16.7. The predicted octanol–water partition coefficient (Wildman–Crippen LogP) is -0.721. The van der Waals surface area contributed by atoms with E-state index in [2.05, 4.69) is 32.4 Å². The van der Waals surface area contributed by atoms with Crippen LogP contribution in [0.25, 0.3) is 0 Å². The van der Waals surface area contributed by atoms with E-state index >= 15 is 0 Å². The molecule has 3 rings (SSSR count). The Balaban J connectivity index is 1.55. The highest BCUT2D eigenvalue weighted by Crippen LogP contribution is 2.21. The van der Waals surface area contributed by atoms with Crippen LogP contribution in [0.3, 0.4) is 0 Å². The number of β-amino-alcohol motifs (C(OH)–C–C–N with tert-alkyl or cyclic N) is 1. The minimum absolute atomic E-state index is 0.207. The van der Waals surface area contributed by atoms with Gasteiger partial charge in [-0.25, -0.2) is 0 Å². The quantitative estimate of drug-likeness (QED) is 0.685. The average Bonchev–Trinajstić information content (AvgIpc) is 3.10. The van der Waals surface area contributed by atoms with Gasteiger partial charge >= 0.3 is 0 Å². The van der Waals surface area contributed by atoms with Crippen molar-refractivity contribution < 1.29 is 9.90 Å². The third-order valence-electron chi connectivity index (χ3n) is 4.58. The number of aliphatic hydroxyl groups is 1. The number of H-pyrrole nitrogens is 1. The van der Waals surface area contributed by atoms with Gasteiger partial charge in [-0.1, -0.05) is 0 Å². The van der Waals surface area contributed by atoms with Gasteiger partial charge < -0.3 is 15.3 Å². The molecule has 7 nitrogen and oxygen atoms in total. The number of carbonyl (C=O) groups is 1. The monoisotopic (exact) mass is 293 g/mol. The predicted molar refractivity (Wildman–Crippen MR) is 77.9 cm³/mol. The zero-order chi connectivity index (χ0) is 14.8. The van der Waals surface area contributed by atoms with Crippen LogP contribution >= 0.6 is 0 Å². The highest BCUT2D eigenvalue weighted by Gasteiger charge is 2.36. The van der Waals surface area contributed by atoms with Crippen molar-refractivity contribution in [3.05, 3.63) is 18.0 Å². The van der Waals surface area contributed by atoms with Gasteiger partial charge in [0.25, 0.3) is 5.91 Å². The summed E-state index contributed by atoms with van der Waals surface area (Å²) < 4.78 is 0. The van der Waals surface area contributed by atoms with Crippen LogP contribution in [-0.2, 0) is 0 Å². The van der Waals surface area contributed by atoms with Crippen LogP contribution in [0.15, 0.2) is 12.3 Å². The van der Waals surface area contributed by atoms with E-state index in [0.29, 0.717) is 18.3 Å². The Labute approximate surface area is 124 Å². The van der Waals surface area contributed by atoms with Gasteiger partial charge in [0, 0.05) is 25.3 Å². The minimum atomic E-state index is -0.503. The minimum Gasteiger partial charge on any atom is -0.390 e. The normalized spacial score (nSPS) is 28.9. The number of piperidine rings is 1.